The standard InChI is InChI=1S/C3H5OP.ClH/c4-2-1-3-5;/h1-3H,5H2;1H/b3-1+;. The maximum atomic E-state index is 9.30. The molecule has 0 aliphatic carbocycles. The molecule has 0 aromatic rings. The number of halogens is 1. The van der Waals surface area contributed by atoms with Gasteiger partial charge < -0.3 is 0 Å². The van der Waals surface area contributed by atoms with Crippen molar-refractivity contribution in [1.82, 2.24) is 0 Å². The molecule has 0 saturated carbocycles. The lowest BCUT2D eigenvalue weighted by Crippen LogP contribution is -1.48. The Bertz CT molecular complexity index is 52.8. The van der Waals surface area contributed by atoms with E-state index >= 15 is 0 Å². The molecule has 0 aromatic carbocycles. The van der Waals surface area contributed by atoms with Crippen LogP contribution in [0.2, 0.25) is 0 Å². The van der Waals surface area contributed by atoms with Gasteiger partial charge in [0.25, 0.3) is 0 Å². The van der Waals surface area contributed by atoms with Gasteiger partial charge in [0, 0.05) is 0 Å². The monoisotopic (exact) mass is 124 g/mol. The molecule has 36 valence electrons. The molecule has 1 nitrogen and oxygen atoms in total. The molecule has 0 amide bonds. The summed E-state index contributed by atoms with van der Waals surface area (Å²) >= 11 is 0. The second-order valence-corrected chi connectivity index (χ2v) is 0.906. The summed E-state index contributed by atoms with van der Waals surface area (Å²) in [6.45, 7) is 0. The average Bonchev–Trinajstić information content (AvgIpc) is 1.41. The summed E-state index contributed by atoms with van der Waals surface area (Å²) in [4.78, 5) is 9.30. The van der Waals surface area contributed by atoms with Gasteiger partial charge in [-0.3, -0.25) is 4.79 Å². The van der Waals surface area contributed by atoms with Gasteiger partial charge >= 0.3 is 0 Å². The molecule has 1 unspecified atom stereocenters. The summed E-state index contributed by atoms with van der Waals surface area (Å²) in [5.41, 5.74) is 0. The highest BCUT2D eigenvalue weighted by atomic mass is 35.5. The molecule has 0 aliphatic rings. The van der Waals surface area contributed by atoms with Crippen LogP contribution in [-0.4, -0.2) is 6.29 Å². The molecular formula is C3H6ClOP. The Morgan fingerprint density at radius 2 is 2.00 bits per heavy atom. The number of carbonyl (C=O) groups excluding carboxylic acids is 1. The van der Waals surface area contributed by atoms with Crippen LogP contribution in [-0.2, 0) is 4.79 Å². The normalized spacial score (nSPS) is 7.50. The molecule has 3 heteroatoms. The first kappa shape index (κ1) is 9.46. The molecule has 0 rings (SSSR count). The number of carbonyl (C=O) groups is 1. The first-order valence-electron chi connectivity index (χ1n) is 1.24. The summed E-state index contributed by atoms with van der Waals surface area (Å²) in [6.07, 6.45) is 2.14. The average molecular weight is 125 g/mol. The Balaban J connectivity index is 0. The fourth-order valence-electron chi connectivity index (χ4n) is 0.0454. The van der Waals surface area contributed by atoms with Crippen LogP contribution in [0.25, 0.3) is 0 Å². The minimum Gasteiger partial charge on any atom is -0.299 e. The zero-order valence-electron chi connectivity index (χ0n) is 3.13. The molecule has 1 atom stereocenters. The SMILES string of the molecule is Cl.O=C/C=C/P. The summed E-state index contributed by atoms with van der Waals surface area (Å²) < 4.78 is 0. The highest BCUT2D eigenvalue weighted by molar-refractivity contribution is 7.20. The van der Waals surface area contributed by atoms with E-state index in [1.807, 2.05) is 0 Å². The smallest absolute Gasteiger partial charge is 0.142 e. The second-order valence-electron chi connectivity index (χ2n) is 0.521. The molecule has 0 aromatic heterocycles. The summed E-state index contributed by atoms with van der Waals surface area (Å²) in [5, 5.41) is 0. The molecular weight excluding hydrogens is 118 g/mol. The highest BCUT2D eigenvalue weighted by Gasteiger charge is 1.48. The van der Waals surface area contributed by atoms with Crippen LogP contribution in [0, 0.1) is 0 Å². The third-order valence-corrected chi connectivity index (χ3v) is 0.412. The van der Waals surface area contributed by atoms with E-state index in [2.05, 4.69) is 9.24 Å². The van der Waals surface area contributed by atoms with E-state index in [9.17, 15) is 4.79 Å². The number of allylic oxidation sites excluding steroid dienone is 1. The minimum atomic E-state index is 0. The molecule has 0 aliphatic heterocycles. The van der Waals surface area contributed by atoms with Crippen LogP contribution >= 0.6 is 21.6 Å². The van der Waals surface area contributed by atoms with E-state index in [0.29, 0.717) is 0 Å². The maximum absolute atomic E-state index is 9.30. The first-order chi connectivity index (χ1) is 2.41. The fourth-order valence-corrected chi connectivity index (χ4v) is 0.136. The lowest BCUT2D eigenvalue weighted by Gasteiger charge is -1.51. The van der Waals surface area contributed by atoms with Crippen LogP contribution in [0.1, 0.15) is 0 Å². The summed E-state index contributed by atoms with van der Waals surface area (Å²) in [6, 6.07) is 0. The Morgan fingerprint density at radius 3 is 2.00 bits per heavy atom. The van der Waals surface area contributed by atoms with Gasteiger partial charge in [0.1, 0.15) is 6.29 Å². The molecule has 0 spiro atoms. The van der Waals surface area contributed by atoms with Crippen molar-refractivity contribution in [3.05, 3.63) is 11.9 Å². The fraction of sp³-hybridized carbons (Fsp3) is 0. The minimum absolute atomic E-state index is 0. The topological polar surface area (TPSA) is 17.1 Å². The zero-order chi connectivity index (χ0) is 4.12. The molecule has 0 heterocycles. The number of rotatable bonds is 1. The molecule has 0 saturated heterocycles. The van der Waals surface area contributed by atoms with Gasteiger partial charge in [-0.05, 0) is 6.08 Å². The van der Waals surface area contributed by atoms with Gasteiger partial charge in [-0.1, -0.05) is 5.82 Å². The number of aldehydes is 1. The van der Waals surface area contributed by atoms with Gasteiger partial charge in [0.15, 0.2) is 0 Å². The zero-order valence-corrected chi connectivity index (χ0v) is 5.10. The van der Waals surface area contributed by atoms with Crippen molar-refractivity contribution in [3.8, 4) is 0 Å². The molecule has 0 radical (unpaired) electrons. The van der Waals surface area contributed by atoms with Crippen LogP contribution in [0.5, 0.6) is 0 Å². The van der Waals surface area contributed by atoms with Crippen LogP contribution in [0.3, 0.4) is 0 Å². The van der Waals surface area contributed by atoms with Gasteiger partial charge in [-0.2, -0.15) is 0 Å². The van der Waals surface area contributed by atoms with Crippen molar-refractivity contribution in [3.63, 3.8) is 0 Å². The van der Waals surface area contributed by atoms with Crippen molar-refractivity contribution in [1.29, 1.82) is 0 Å². The molecule has 0 fully saturated rings. The third-order valence-electron chi connectivity index (χ3n) is 0.190. The van der Waals surface area contributed by atoms with Crippen LogP contribution in [0.15, 0.2) is 11.9 Å². The number of hydrogen-bond donors (Lipinski definition) is 0. The highest BCUT2D eigenvalue weighted by Crippen LogP contribution is 1.76. The van der Waals surface area contributed by atoms with Crippen LogP contribution in [0.4, 0.5) is 0 Å². The lowest BCUT2D eigenvalue weighted by atomic mass is 10.7. The lowest BCUT2D eigenvalue weighted by molar-refractivity contribution is -0.104. The van der Waals surface area contributed by atoms with E-state index in [0.717, 1.165) is 6.29 Å². The predicted octanol–water partition coefficient (Wildman–Crippen LogP) is 0.996. The summed E-state index contributed by atoms with van der Waals surface area (Å²) in [7, 11) is 2.29. The Kier molecular flexibility index (Phi) is 14.1. The molecule has 0 bridgehead atoms. The quantitative estimate of drug-likeness (QED) is 0.290. The Labute approximate surface area is 45.4 Å². The molecule has 0 N–H and O–H groups in total. The van der Waals surface area contributed by atoms with Gasteiger partial charge in [-0.15, -0.1) is 21.6 Å². The third kappa shape index (κ3) is 8.92. The van der Waals surface area contributed by atoms with E-state index in [-0.39, 0.29) is 12.4 Å². The van der Waals surface area contributed by atoms with E-state index in [4.69, 9.17) is 0 Å². The van der Waals surface area contributed by atoms with E-state index < -0.39 is 0 Å². The Morgan fingerprint density at radius 1 is 1.50 bits per heavy atom. The van der Waals surface area contributed by atoms with E-state index in [1.54, 1.807) is 5.82 Å². The summed E-state index contributed by atoms with van der Waals surface area (Å²) in [5.74, 6) is 1.60. The largest absolute Gasteiger partial charge is 0.299 e. The van der Waals surface area contributed by atoms with Crippen LogP contribution < -0.4 is 0 Å². The maximum Gasteiger partial charge on any atom is 0.142 e. The second kappa shape index (κ2) is 8.93. The predicted molar refractivity (Wildman–Crippen MR) is 32.2 cm³/mol. The Hall–Kier alpha value is 0.130. The van der Waals surface area contributed by atoms with Gasteiger partial charge in [0.2, 0.25) is 0 Å². The first-order valence-corrected chi connectivity index (χ1v) is 1.90. The van der Waals surface area contributed by atoms with E-state index in [1.165, 1.54) is 6.08 Å². The molecule has 6 heavy (non-hydrogen) atoms. The van der Waals surface area contributed by atoms with Crippen molar-refractivity contribution in [2.75, 3.05) is 0 Å². The van der Waals surface area contributed by atoms with Gasteiger partial charge in [-0.25, -0.2) is 0 Å². The van der Waals surface area contributed by atoms with Gasteiger partial charge in [0.05, 0.1) is 0 Å². The van der Waals surface area contributed by atoms with Crippen molar-refractivity contribution in [2.24, 2.45) is 0 Å². The number of hydrogen-bond acceptors (Lipinski definition) is 1. The van der Waals surface area contributed by atoms with Crippen molar-refractivity contribution < 1.29 is 4.79 Å². The van der Waals surface area contributed by atoms with Crippen molar-refractivity contribution in [2.45, 2.75) is 0 Å². The van der Waals surface area contributed by atoms with Crippen molar-refractivity contribution >= 4 is 27.9 Å².